The van der Waals surface area contributed by atoms with E-state index in [4.69, 9.17) is 9.84 Å². The van der Waals surface area contributed by atoms with E-state index in [1.165, 1.54) is 7.11 Å². The Bertz CT molecular complexity index is 444. The molecule has 0 spiro atoms. The van der Waals surface area contributed by atoms with Gasteiger partial charge in [-0.05, 0) is 17.9 Å². The van der Waals surface area contributed by atoms with Gasteiger partial charge in [0.25, 0.3) is 5.91 Å². The predicted molar refractivity (Wildman–Crippen MR) is 75.2 cm³/mol. The van der Waals surface area contributed by atoms with Gasteiger partial charge in [0.15, 0.2) is 6.10 Å². The monoisotopic (exact) mass is 279 g/mol. The Hall–Kier alpha value is -1.88. The van der Waals surface area contributed by atoms with Crippen molar-refractivity contribution in [2.45, 2.75) is 32.4 Å². The maximum atomic E-state index is 12.2. The van der Waals surface area contributed by atoms with Crippen molar-refractivity contribution in [2.75, 3.05) is 7.11 Å². The lowest BCUT2D eigenvalue weighted by molar-refractivity contribution is -0.144. The number of hydrogen-bond acceptors (Lipinski definition) is 3. The first-order valence-electron chi connectivity index (χ1n) is 6.56. The van der Waals surface area contributed by atoms with Crippen LogP contribution in [0.3, 0.4) is 0 Å². The molecule has 1 aromatic carbocycles. The van der Waals surface area contributed by atoms with Crippen LogP contribution in [-0.2, 0) is 14.3 Å². The number of hydrogen-bond donors (Lipinski definition) is 2. The summed E-state index contributed by atoms with van der Waals surface area (Å²) >= 11 is 0. The average Bonchev–Trinajstić information content (AvgIpc) is 2.39. The summed E-state index contributed by atoms with van der Waals surface area (Å²) in [6.45, 7) is 3.82. The Kier molecular flexibility index (Phi) is 6.18. The fraction of sp³-hybridized carbons (Fsp3) is 0.467. The van der Waals surface area contributed by atoms with Gasteiger partial charge in [0.2, 0.25) is 0 Å². The number of amides is 1. The van der Waals surface area contributed by atoms with Gasteiger partial charge >= 0.3 is 5.97 Å². The van der Waals surface area contributed by atoms with Crippen LogP contribution < -0.4 is 5.32 Å². The lowest BCUT2D eigenvalue weighted by Gasteiger charge is -2.20. The maximum absolute atomic E-state index is 12.2. The summed E-state index contributed by atoms with van der Waals surface area (Å²) in [6, 6.07) is 8.09. The topological polar surface area (TPSA) is 75.6 Å². The second-order valence-electron chi connectivity index (χ2n) is 5.06. The minimum atomic E-state index is -1.03. The second kappa shape index (κ2) is 7.65. The molecule has 0 aliphatic rings. The minimum absolute atomic E-state index is 0.175. The Balaban J connectivity index is 2.78. The van der Waals surface area contributed by atoms with Crippen LogP contribution >= 0.6 is 0 Å². The van der Waals surface area contributed by atoms with Crippen LogP contribution in [0.25, 0.3) is 0 Å². The molecule has 0 aromatic heterocycles. The third-order valence-electron chi connectivity index (χ3n) is 2.90. The van der Waals surface area contributed by atoms with Gasteiger partial charge in [-0.2, -0.15) is 0 Å². The van der Waals surface area contributed by atoms with Crippen molar-refractivity contribution in [1.82, 2.24) is 5.32 Å². The molecule has 0 bridgehead atoms. The molecule has 0 fully saturated rings. The molecule has 1 rings (SSSR count). The lowest BCUT2D eigenvalue weighted by atomic mass is 10.0. The van der Waals surface area contributed by atoms with Crippen molar-refractivity contribution in [3.63, 3.8) is 0 Å². The largest absolute Gasteiger partial charge is 0.480 e. The fourth-order valence-electron chi connectivity index (χ4n) is 1.96. The van der Waals surface area contributed by atoms with Crippen molar-refractivity contribution in [2.24, 2.45) is 5.92 Å². The molecule has 0 saturated heterocycles. The number of carboxylic acid groups (broad SMARTS) is 1. The van der Waals surface area contributed by atoms with E-state index < -0.39 is 24.0 Å². The van der Waals surface area contributed by atoms with Gasteiger partial charge in [-0.3, -0.25) is 4.79 Å². The van der Waals surface area contributed by atoms with E-state index in [2.05, 4.69) is 5.32 Å². The zero-order chi connectivity index (χ0) is 15.1. The molecular weight excluding hydrogens is 258 g/mol. The number of aliphatic carboxylic acids is 1. The number of rotatable bonds is 7. The molecule has 0 aliphatic heterocycles. The minimum Gasteiger partial charge on any atom is -0.480 e. The summed E-state index contributed by atoms with van der Waals surface area (Å²) in [4.78, 5) is 23.3. The highest BCUT2D eigenvalue weighted by atomic mass is 16.5. The fourth-order valence-corrected chi connectivity index (χ4v) is 1.96. The lowest BCUT2D eigenvalue weighted by Crippen LogP contribution is -2.44. The van der Waals surface area contributed by atoms with Gasteiger partial charge in [0, 0.05) is 7.11 Å². The third-order valence-corrected chi connectivity index (χ3v) is 2.90. The summed E-state index contributed by atoms with van der Waals surface area (Å²) in [5.41, 5.74) is 0.696. The van der Waals surface area contributed by atoms with Crippen LogP contribution in [-0.4, -0.2) is 30.1 Å². The number of carbonyl (C=O) groups excluding carboxylic acids is 1. The van der Waals surface area contributed by atoms with Crippen molar-refractivity contribution in [3.05, 3.63) is 35.9 Å². The smallest absolute Gasteiger partial charge is 0.326 e. The highest BCUT2D eigenvalue weighted by Gasteiger charge is 2.26. The first-order valence-corrected chi connectivity index (χ1v) is 6.56. The standard InChI is InChI=1S/C15H21NO4/c1-10(2)9-12(15(18)19)16-14(17)13(20-3)11-7-5-4-6-8-11/h4-8,10,12-13H,9H2,1-3H3,(H,16,17)(H,18,19)/t12-,13-/m1/s1. The van der Waals surface area contributed by atoms with Crippen LogP contribution in [0, 0.1) is 5.92 Å². The molecule has 5 heteroatoms. The van der Waals surface area contributed by atoms with Crippen molar-refractivity contribution < 1.29 is 19.4 Å². The molecule has 0 heterocycles. The molecule has 0 unspecified atom stereocenters. The van der Waals surface area contributed by atoms with E-state index in [1.54, 1.807) is 24.3 Å². The molecule has 1 aromatic rings. The summed E-state index contributed by atoms with van der Waals surface area (Å²) in [6.07, 6.45) is -0.419. The second-order valence-corrected chi connectivity index (χ2v) is 5.06. The van der Waals surface area contributed by atoms with E-state index in [-0.39, 0.29) is 5.92 Å². The zero-order valence-electron chi connectivity index (χ0n) is 12.0. The molecule has 2 N–H and O–H groups in total. The summed E-state index contributed by atoms with van der Waals surface area (Å²) in [7, 11) is 1.43. The van der Waals surface area contributed by atoms with E-state index in [0.717, 1.165) is 0 Å². The molecule has 0 saturated carbocycles. The van der Waals surface area contributed by atoms with Gasteiger partial charge < -0.3 is 15.2 Å². The Labute approximate surface area is 118 Å². The van der Waals surface area contributed by atoms with Crippen LogP contribution in [0.1, 0.15) is 31.9 Å². The number of benzene rings is 1. The van der Waals surface area contributed by atoms with E-state index in [0.29, 0.717) is 12.0 Å². The number of carbonyl (C=O) groups is 2. The highest BCUT2D eigenvalue weighted by Crippen LogP contribution is 2.17. The number of ether oxygens (including phenoxy) is 1. The summed E-state index contributed by atoms with van der Waals surface area (Å²) in [5, 5.41) is 11.7. The molecular formula is C15H21NO4. The quantitative estimate of drug-likeness (QED) is 0.800. The van der Waals surface area contributed by atoms with E-state index in [1.807, 2.05) is 19.9 Å². The van der Waals surface area contributed by atoms with E-state index in [9.17, 15) is 9.59 Å². The first kappa shape index (κ1) is 16.2. The van der Waals surface area contributed by atoms with Gasteiger partial charge in [0.05, 0.1) is 0 Å². The van der Waals surface area contributed by atoms with Gasteiger partial charge in [0.1, 0.15) is 6.04 Å². The molecule has 20 heavy (non-hydrogen) atoms. The number of methoxy groups -OCH3 is 1. The molecule has 110 valence electrons. The van der Waals surface area contributed by atoms with Gasteiger partial charge in [-0.25, -0.2) is 4.79 Å². The average molecular weight is 279 g/mol. The van der Waals surface area contributed by atoms with E-state index >= 15 is 0 Å². The zero-order valence-corrected chi connectivity index (χ0v) is 12.0. The Morgan fingerprint density at radius 1 is 1.25 bits per heavy atom. The Morgan fingerprint density at radius 2 is 1.85 bits per heavy atom. The Morgan fingerprint density at radius 3 is 2.30 bits per heavy atom. The highest BCUT2D eigenvalue weighted by molar-refractivity contribution is 5.87. The molecule has 5 nitrogen and oxygen atoms in total. The van der Waals surface area contributed by atoms with Crippen LogP contribution in [0.5, 0.6) is 0 Å². The van der Waals surface area contributed by atoms with Crippen molar-refractivity contribution in [3.8, 4) is 0 Å². The molecule has 0 radical (unpaired) electrons. The molecule has 0 aliphatic carbocycles. The molecule has 1 amide bonds. The number of nitrogens with one attached hydrogen (secondary N) is 1. The summed E-state index contributed by atoms with van der Waals surface area (Å²) in [5.74, 6) is -1.30. The van der Waals surface area contributed by atoms with Crippen LogP contribution in [0.4, 0.5) is 0 Å². The van der Waals surface area contributed by atoms with Crippen LogP contribution in [0.15, 0.2) is 30.3 Å². The van der Waals surface area contributed by atoms with Crippen molar-refractivity contribution >= 4 is 11.9 Å². The molecule has 2 atom stereocenters. The normalized spacial score (nSPS) is 13.8. The van der Waals surface area contributed by atoms with Crippen molar-refractivity contribution in [1.29, 1.82) is 0 Å². The first-order chi connectivity index (χ1) is 9.45. The number of carboxylic acids is 1. The predicted octanol–water partition coefficient (Wildman–Crippen LogP) is 1.99. The third kappa shape index (κ3) is 4.66. The SMILES string of the molecule is CO[C@@H](C(=O)N[C@H](CC(C)C)C(=O)O)c1ccccc1. The summed E-state index contributed by atoms with van der Waals surface area (Å²) < 4.78 is 5.18. The van der Waals surface area contributed by atoms with Crippen LogP contribution in [0.2, 0.25) is 0 Å². The van der Waals surface area contributed by atoms with Gasteiger partial charge in [-0.15, -0.1) is 0 Å². The van der Waals surface area contributed by atoms with Gasteiger partial charge in [-0.1, -0.05) is 44.2 Å². The maximum Gasteiger partial charge on any atom is 0.326 e.